The summed E-state index contributed by atoms with van der Waals surface area (Å²) in [6.07, 6.45) is 1.42. The Labute approximate surface area is 208 Å². The van der Waals surface area contributed by atoms with Gasteiger partial charge in [-0.3, -0.25) is 14.1 Å². The number of oxime groups is 1. The van der Waals surface area contributed by atoms with Gasteiger partial charge >= 0.3 is 16.3 Å². The topological polar surface area (TPSA) is 244 Å². The number of amides is 2. The van der Waals surface area contributed by atoms with E-state index in [1.165, 1.54) is 25.4 Å². The van der Waals surface area contributed by atoms with E-state index in [0.29, 0.717) is 12.2 Å². The maximum absolute atomic E-state index is 13.1. The van der Waals surface area contributed by atoms with E-state index in [2.05, 4.69) is 31.0 Å². The number of nitrogens with two attached hydrogens (primary N) is 1. The number of hydrogen-bond donors (Lipinski definition) is 5. The van der Waals surface area contributed by atoms with Crippen molar-refractivity contribution in [3.8, 4) is 0 Å². The molecule has 0 saturated carbocycles. The highest BCUT2D eigenvalue weighted by atomic mass is 32.2. The monoisotopic (exact) mass is 545 g/mol. The molecular weight excluding hydrogens is 522 g/mol. The molecule has 6 N–H and O–H groups in total. The molecule has 17 nitrogen and oxygen atoms in total. The maximum Gasteiger partial charge on any atom is 0.362 e. The number of β-lactam (4-membered cyclic amide) rings is 1. The Kier molecular flexibility index (Phi) is 7.57. The molecule has 36 heavy (non-hydrogen) atoms. The van der Waals surface area contributed by atoms with Crippen molar-refractivity contribution in [3.05, 3.63) is 23.0 Å². The highest BCUT2D eigenvalue weighted by molar-refractivity contribution is 7.84. The average molecular weight is 546 g/mol. The minimum absolute atomic E-state index is 0.0697. The van der Waals surface area contributed by atoms with Gasteiger partial charge in [-0.15, -0.1) is 11.3 Å². The highest BCUT2D eigenvalue weighted by Crippen LogP contribution is 2.25. The molecule has 0 spiro atoms. The molecule has 0 radical (unpaired) electrons. The van der Waals surface area contributed by atoms with Crippen LogP contribution >= 0.6 is 11.3 Å². The molecule has 0 unspecified atom stereocenters. The van der Waals surface area contributed by atoms with Gasteiger partial charge in [-0.05, 0) is 20.9 Å². The van der Waals surface area contributed by atoms with Gasteiger partial charge in [-0.2, -0.15) is 23.4 Å². The van der Waals surface area contributed by atoms with Gasteiger partial charge < -0.3 is 26.3 Å². The van der Waals surface area contributed by atoms with E-state index in [9.17, 15) is 32.5 Å². The number of aromatic nitrogens is 4. The molecule has 2 amide bonds. The van der Waals surface area contributed by atoms with Crippen molar-refractivity contribution >= 4 is 50.3 Å². The molecule has 2 atom stereocenters. The summed E-state index contributed by atoms with van der Waals surface area (Å²) in [5.41, 5.74) is 3.74. The molecular formula is C17H23N9O8S2. The van der Waals surface area contributed by atoms with Crippen molar-refractivity contribution in [2.45, 2.75) is 44.6 Å². The van der Waals surface area contributed by atoms with E-state index in [0.717, 1.165) is 16.1 Å². The van der Waals surface area contributed by atoms with Crippen LogP contribution in [0.2, 0.25) is 0 Å². The van der Waals surface area contributed by atoms with Crippen molar-refractivity contribution in [3.63, 3.8) is 0 Å². The Morgan fingerprint density at radius 1 is 1.39 bits per heavy atom. The molecule has 196 valence electrons. The summed E-state index contributed by atoms with van der Waals surface area (Å²) in [6, 6.07) is -2.73. The van der Waals surface area contributed by atoms with Gasteiger partial charge in [0.2, 0.25) is 5.60 Å². The summed E-state index contributed by atoms with van der Waals surface area (Å²) in [6.45, 7) is 2.46. The average Bonchev–Trinajstić information content (AvgIpc) is 3.39. The number of nitrogens with one attached hydrogen (secondary N) is 2. The van der Waals surface area contributed by atoms with E-state index in [4.69, 9.17) is 10.6 Å². The number of carboxylic acid groups (broad SMARTS) is 1. The van der Waals surface area contributed by atoms with E-state index in [1.807, 2.05) is 0 Å². The van der Waals surface area contributed by atoms with Crippen LogP contribution < -0.4 is 16.4 Å². The molecule has 3 rings (SSSR count). The Morgan fingerprint density at radius 2 is 2.08 bits per heavy atom. The minimum Gasteiger partial charge on any atom is -0.478 e. The first kappa shape index (κ1) is 26.9. The number of nitrogens with zero attached hydrogens (tertiary/aromatic N) is 6. The zero-order chi connectivity index (χ0) is 26.8. The Bertz CT molecular complexity index is 1300. The number of thiazole rings is 1. The Hall–Kier alpha value is -3.68. The Morgan fingerprint density at radius 3 is 2.64 bits per heavy atom. The van der Waals surface area contributed by atoms with E-state index >= 15 is 0 Å². The van der Waals surface area contributed by atoms with Crippen molar-refractivity contribution in [1.82, 2.24) is 34.9 Å². The fourth-order valence-corrected chi connectivity index (χ4v) is 4.42. The van der Waals surface area contributed by atoms with Crippen LogP contribution in [0.15, 0.2) is 16.7 Å². The first-order valence-electron chi connectivity index (χ1n) is 10.1. The smallest absolute Gasteiger partial charge is 0.362 e. The predicted octanol–water partition coefficient (Wildman–Crippen LogP) is -2.18. The molecule has 1 aliphatic rings. The normalized spacial score (nSPS) is 18.6. The first-order valence-corrected chi connectivity index (χ1v) is 12.4. The molecule has 2 aromatic rings. The zero-order valence-electron chi connectivity index (χ0n) is 19.1. The van der Waals surface area contributed by atoms with Crippen molar-refractivity contribution in [1.29, 1.82) is 0 Å². The number of carboxylic acids is 1. The third-order valence-corrected chi connectivity index (χ3v) is 6.48. The second-order valence-electron chi connectivity index (χ2n) is 7.97. The summed E-state index contributed by atoms with van der Waals surface area (Å²) >= 11 is 0.963. The van der Waals surface area contributed by atoms with Gasteiger partial charge in [-0.1, -0.05) is 5.16 Å². The molecule has 1 fully saturated rings. The SMILES string of the molecule is CNCc1cnn(C[C@@H]2[C@H](NC(=O)/C(=N\OC(C)(C)C(=O)O)c3csc(N)n3)C(=O)N2S(=O)(=O)O)n1. The fourth-order valence-electron chi connectivity index (χ4n) is 3.00. The summed E-state index contributed by atoms with van der Waals surface area (Å²) in [5.74, 6) is -3.53. The number of carbonyl (C=O) groups is 3. The highest BCUT2D eigenvalue weighted by Gasteiger charge is 2.54. The van der Waals surface area contributed by atoms with Crippen LogP contribution in [0.5, 0.6) is 0 Å². The molecule has 3 heterocycles. The summed E-state index contributed by atoms with van der Waals surface area (Å²) < 4.78 is 33.2. The van der Waals surface area contributed by atoms with Gasteiger partial charge in [-0.25, -0.2) is 14.1 Å². The van der Waals surface area contributed by atoms with Crippen molar-refractivity contribution < 1.29 is 37.3 Å². The van der Waals surface area contributed by atoms with Crippen LogP contribution in [-0.4, -0.2) is 90.6 Å². The summed E-state index contributed by atoms with van der Waals surface area (Å²) in [7, 11) is -3.27. The zero-order valence-corrected chi connectivity index (χ0v) is 20.8. The molecule has 2 aromatic heterocycles. The van der Waals surface area contributed by atoms with Gasteiger partial charge in [0.05, 0.1) is 18.4 Å². The van der Waals surface area contributed by atoms with Gasteiger partial charge in [0.25, 0.3) is 11.8 Å². The van der Waals surface area contributed by atoms with E-state index < -0.39 is 51.5 Å². The third kappa shape index (κ3) is 5.75. The van der Waals surface area contributed by atoms with Crippen LogP contribution in [0.3, 0.4) is 0 Å². The minimum atomic E-state index is -4.96. The number of carbonyl (C=O) groups excluding carboxylic acids is 2. The second kappa shape index (κ2) is 10.1. The number of rotatable bonds is 11. The number of aliphatic carboxylic acids is 1. The number of hydrogen-bond acceptors (Lipinski definition) is 13. The molecule has 19 heteroatoms. The van der Waals surface area contributed by atoms with Crippen molar-refractivity contribution in [2.75, 3.05) is 12.8 Å². The molecule has 0 bridgehead atoms. The Balaban J connectivity index is 1.88. The lowest BCUT2D eigenvalue weighted by atomic mass is 9.98. The van der Waals surface area contributed by atoms with Gasteiger partial charge in [0.15, 0.2) is 10.8 Å². The summed E-state index contributed by atoms with van der Waals surface area (Å²) in [5, 5.41) is 27.6. The van der Waals surface area contributed by atoms with Crippen LogP contribution in [-0.2, 0) is 42.6 Å². The number of nitrogen functional groups attached to an aromatic ring is 1. The van der Waals surface area contributed by atoms with Crippen LogP contribution in [0, 0.1) is 0 Å². The predicted molar refractivity (Wildman–Crippen MR) is 123 cm³/mol. The van der Waals surface area contributed by atoms with Crippen LogP contribution in [0.4, 0.5) is 5.13 Å². The van der Waals surface area contributed by atoms with E-state index in [-0.39, 0.29) is 21.7 Å². The maximum atomic E-state index is 13.1. The molecule has 0 aliphatic carbocycles. The summed E-state index contributed by atoms with van der Waals surface area (Å²) in [4.78, 5) is 47.0. The number of anilines is 1. The second-order valence-corrected chi connectivity index (χ2v) is 10.1. The molecule has 0 aromatic carbocycles. The third-order valence-electron chi connectivity index (χ3n) is 4.86. The molecule has 1 aliphatic heterocycles. The quantitative estimate of drug-likeness (QED) is 0.0873. The fraction of sp³-hybridized carbons (Fsp3) is 0.471. The van der Waals surface area contributed by atoms with Gasteiger partial charge in [0, 0.05) is 11.9 Å². The lowest BCUT2D eigenvalue weighted by Gasteiger charge is -2.43. The first-order chi connectivity index (χ1) is 16.7. The lowest BCUT2D eigenvalue weighted by molar-refractivity contribution is -0.161. The lowest BCUT2D eigenvalue weighted by Crippen LogP contribution is -2.73. The van der Waals surface area contributed by atoms with E-state index in [1.54, 1.807) is 7.05 Å². The van der Waals surface area contributed by atoms with Crippen molar-refractivity contribution in [2.24, 2.45) is 5.16 Å². The van der Waals surface area contributed by atoms with Crippen LogP contribution in [0.1, 0.15) is 25.2 Å². The molecule has 1 saturated heterocycles. The largest absolute Gasteiger partial charge is 0.478 e. The van der Waals surface area contributed by atoms with Crippen LogP contribution in [0.25, 0.3) is 0 Å². The van der Waals surface area contributed by atoms with Gasteiger partial charge in [0.1, 0.15) is 17.8 Å². The standard InChI is InChI=1S/C17H23N9O8S2/c1-17(2,15(29)30)34-24-11(9-7-35-16(18)21-9)13(27)22-12-10(26(14(12)28)36(31,32)33)6-25-20-5-8(23-25)4-19-3/h5,7,10,12,19H,4,6H2,1-3H3,(H2,18,21)(H,22,27)(H,29,30)(H,31,32,33)/b24-11-/t10-,12+/m1/s1.